The van der Waals surface area contributed by atoms with Gasteiger partial charge in [0.2, 0.25) is 5.89 Å². The molecular formula is C21H24N4O2S. The van der Waals surface area contributed by atoms with Gasteiger partial charge in [-0.3, -0.25) is 4.79 Å². The van der Waals surface area contributed by atoms with Gasteiger partial charge >= 0.3 is 0 Å². The lowest BCUT2D eigenvalue weighted by molar-refractivity contribution is 0.102. The van der Waals surface area contributed by atoms with Crippen LogP contribution in [-0.4, -0.2) is 27.1 Å². The van der Waals surface area contributed by atoms with Gasteiger partial charge in [0.25, 0.3) is 5.91 Å². The van der Waals surface area contributed by atoms with E-state index in [-0.39, 0.29) is 11.8 Å². The first-order chi connectivity index (χ1) is 13.3. The van der Waals surface area contributed by atoms with E-state index in [0.29, 0.717) is 27.9 Å². The van der Waals surface area contributed by atoms with Gasteiger partial charge in [-0.1, -0.05) is 19.9 Å². The van der Waals surface area contributed by atoms with Crippen LogP contribution in [0, 0.1) is 20.8 Å². The molecule has 1 N–H and O–H groups in total. The van der Waals surface area contributed by atoms with Crippen molar-refractivity contribution in [3.63, 3.8) is 0 Å². The van der Waals surface area contributed by atoms with Crippen LogP contribution < -0.4 is 5.32 Å². The van der Waals surface area contributed by atoms with Crippen molar-refractivity contribution < 1.29 is 9.21 Å². The molecule has 2 aromatic heterocycles. The molecule has 0 unspecified atom stereocenters. The Balaban J connectivity index is 1.90. The predicted octanol–water partition coefficient (Wildman–Crippen LogP) is 5.15. The number of amides is 1. The molecule has 3 rings (SSSR count). The van der Waals surface area contributed by atoms with E-state index in [9.17, 15) is 4.79 Å². The van der Waals surface area contributed by atoms with Crippen molar-refractivity contribution in [2.75, 3.05) is 11.6 Å². The standard InChI is InChI=1S/C21H24N4O2S/c1-11(2)18-22-13(4)17(21(25-18)28-6)19(26)24-16-9-7-8-15(10-16)20-23-12(3)14(5)27-20/h7-11H,1-6H3,(H,24,26). The lowest BCUT2D eigenvalue weighted by atomic mass is 10.1. The van der Waals surface area contributed by atoms with E-state index in [2.05, 4.69) is 20.3 Å². The fraction of sp³-hybridized carbons (Fsp3) is 0.333. The van der Waals surface area contributed by atoms with Crippen molar-refractivity contribution in [1.29, 1.82) is 0 Å². The zero-order valence-electron chi connectivity index (χ0n) is 17.0. The summed E-state index contributed by atoms with van der Waals surface area (Å²) in [5.74, 6) is 2.04. The number of oxazole rings is 1. The summed E-state index contributed by atoms with van der Waals surface area (Å²) in [6.45, 7) is 9.70. The summed E-state index contributed by atoms with van der Waals surface area (Å²) in [6.07, 6.45) is 1.91. The first-order valence-electron chi connectivity index (χ1n) is 9.08. The normalized spacial score (nSPS) is 11.1. The molecule has 28 heavy (non-hydrogen) atoms. The molecule has 0 radical (unpaired) electrons. The minimum Gasteiger partial charge on any atom is -0.441 e. The second-order valence-electron chi connectivity index (χ2n) is 6.90. The van der Waals surface area contributed by atoms with Crippen LogP contribution in [0.5, 0.6) is 0 Å². The van der Waals surface area contributed by atoms with Crippen LogP contribution in [0.1, 0.15) is 53.1 Å². The molecule has 0 bridgehead atoms. The first-order valence-corrected chi connectivity index (χ1v) is 10.3. The summed E-state index contributed by atoms with van der Waals surface area (Å²) in [5.41, 5.74) is 3.51. The number of anilines is 1. The number of benzene rings is 1. The van der Waals surface area contributed by atoms with Gasteiger partial charge in [-0.2, -0.15) is 0 Å². The molecule has 0 aliphatic carbocycles. The van der Waals surface area contributed by atoms with E-state index in [0.717, 1.165) is 22.8 Å². The Morgan fingerprint density at radius 2 is 1.86 bits per heavy atom. The second-order valence-corrected chi connectivity index (χ2v) is 7.70. The van der Waals surface area contributed by atoms with Crippen LogP contribution in [-0.2, 0) is 0 Å². The average Bonchev–Trinajstić information content (AvgIpc) is 2.99. The van der Waals surface area contributed by atoms with Crippen LogP contribution >= 0.6 is 11.8 Å². The van der Waals surface area contributed by atoms with Crippen molar-refractivity contribution in [1.82, 2.24) is 15.0 Å². The SMILES string of the molecule is CSc1nc(C(C)C)nc(C)c1C(=O)Nc1cccc(-c2nc(C)c(C)o2)c1. The van der Waals surface area contributed by atoms with Crippen LogP contribution in [0.25, 0.3) is 11.5 Å². The van der Waals surface area contributed by atoms with E-state index in [4.69, 9.17) is 4.42 Å². The number of nitrogens with zero attached hydrogens (tertiary/aromatic N) is 3. The number of aryl methyl sites for hydroxylation is 3. The number of aromatic nitrogens is 3. The van der Waals surface area contributed by atoms with Gasteiger partial charge in [0.1, 0.15) is 16.6 Å². The third kappa shape index (κ3) is 4.09. The molecule has 0 saturated heterocycles. The van der Waals surface area contributed by atoms with E-state index in [1.165, 1.54) is 11.8 Å². The fourth-order valence-electron chi connectivity index (χ4n) is 2.75. The molecule has 0 spiro atoms. The Morgan fingerprint density at radius 1 is 1.11 bits per heavy atom. The molecule has 0 saturated carbocycles. The number of rotatable bonds is 5. The van der Waals surface area contributed by atoms with E-state index >= 15 is 0 Å². The lowest BCUT2D eigenvalue weighted by Gasteiger charge is -2.13. The van der Waals surface area contributed by atoms with Crippen LogP contribution in [0.2, 0.25) is 0 Å². The number of hydrogen-bond acceptors (Lipinski definition) is 6. The van der Waals surface area contributed by atoms with Crippen molar-refractivity contribution in [2.45, 2.75) is 45.6 Å². The van der Waals surface area contributed by atoms with Crippen molar-refractivity contribution in [3.05, 3.63) is 52.8 Å². The van der Waals surface area contributed by atoms with E-state index in [1.807, 2.05) is 65.1 Å². The first kappa shape index (κ1) is 20.1. The summed E-state index contributed by atoms with van der Waals surface area (Å²) < 4.78 is 5.69. The Bertz CT molecular complexity index is 1010. The van der Waals surface area contributed by atoms with Gasteiger partial charge in [0.05, 0.1) is 17.0 Å². The highest BCUT2D eigenvalue weighted by atomic mass is 32.2. The van der Waals surface area contributed by atoms with E-state index in [1.54, 1.807) is 0 Å². The predicted molar refractivity (Wildman–Crippen MR) is 112 cm³/mol. The smallest absolute Gasteiger partial charge is 0.260 e. The number of hydrogen-bond donors (Lipinski definition) is 1. The van der Waals surface area contributed by atoms with Gasteiger partial charge in [-0.25, -0.2) is 15.0 Å². The lowest BCUT2D eigenvalue weighted by Crippen LogP contribution is -2.17. The minimum absolute atomic E-state index is 0.200. The van der Waals surface area contributed by atoms with Crippen LogP contribution in [0.3, 0.4) is 0 Å². The Kier molecular flexibility index (Phi) is 5.84. The summed E-state index contributed by atoms with van der Waals surface area (Å²) in [6, 6.07) is 7.45. The number of thioether (sulfide) groups is 1. The third-order valence-corrected chi connectivity index (χ3v) is 5.09. The average molecular weight is 397 g/mol. The zero-order valence-corrected chi connectivity index (χ0v) is 17.8. The molecule has 146 valence electrons. The molecular weight excluding hydrogens is 372 g/mol. The topological polar surface area (TPSA) is 80.9 Å². The minimum atomic E-state index is -0.228. The Morgan fingerprint density at radius 3 is 2.46 bits per heavy atom. The van der Waals surface area contributed by atoms with Gasteiger partial charge in [0.15, 0.2) is 0 Å². The van der Waals surface area contributed by atoms with Crippen LogP contribution in [0.15, 0.2) is 33.7 Å². The van der Waals surface area contributed by atoms with Crippen molar-refractivity contribution in [2.24, 2.45) is 0 Å². The largest absolute Gasteiger partial charge is 0.441 e. The van der Waals surface area contributed by atoms with Gasteiger partial charge < -0.3 is 9.73 Å². The monoisotopic (exact) mass is 396 g/mol. The number of carbonyl (C=O) groups is 1. The second kappa shape index (κ2) is 8.14. The molecule has 7 heteroatoms. The van der Waals surface area contributed by atoms with Gasteiger partial charge in [-0.05, 0) is 45.2 Å². The molecule has 1 aromatic carbocycles. The fourth-order valence-corrected chi connectivity index (χ4v) is 3.38. The van der Waals surface area contributed by atoms with Gasteiger partial charge in [-0.15, -0.1) is 11.8 Å². The van der Waals surface area contributed by atoms with Crippen LogP contribution in [0.4, 0.5) is 5.69 Å². The number of carbonyl (C=O) groups excluding carboxylic acids is 1. The Hall–Kier alpha value is -2.67. The molecule has 1 amide bonds. The molecule has 0 atom stereocenters. The quantitative estimate of drug-likeness (QED) is 0.474. The molecule has 3 aromatic rings. The highest BCUT2D eigenvalue weighted by Crippen LogP contribution is 2.26. The molecule has 0 aliphatic rings. The molecule has 0 aliphatic heterocycles. The summed E-state index contributed by atoms with van der Waals surface area (Å²) in [5, 5.41) is 3.64. The third-order valence-electron chi connectivity index (χ3n) is 4.41. The number of nitrogens with one attached hydrogen (secondary N) is 1. The maximum absolute atomic E-state index is 13.0. The zero-order chi connectivity index (χ0) is 20.4. The summed E-state index contributed by atoms with van der Waals surface area (Å²) in [4.78, 5) is 26.5. The van der Waals surface area contributed by atoms with E-state index < -0.39 is 0 Å². The van der Waals surface area contributed by atoms with Crippen molar-refractivity contribution in [3.8, 4) is 11.5 Å². The van der Waals surface area contributed by atoms with Gasteiger partial charge in [0, 0.05) is 17.2 Å². The maximum atomic E-state index is 13.0. The molecule has 2 heterocycles. The highest BCUT2D eigenvalue weighted by molar-refractivity contribution is 7.98. The summed E-state index contributed by atoms with van der Waals surface area (Å²) >= 11 is 1.45. The van der Waals surface area contributed by atoms with Crippen molar-refractivity contribution >= 4 is 23.4 Å². The Labute approximate surface area is 169 Å². The molecule has 6 nitrogen and oxygen atoms in total. The summed E-state index contributed by atoms with van der Waals surface area (Å²) in [7, 11) is 0. The molecule has 0 fully saturated rings. The maximum Gasteiger partial charge on any atom is 0.260 e. The highest BCUT2D eigenvalue weighted by Gasteiger charge is 2.20.